The van der Waals surface area contributed by atoms with Crippen molar-refractivity contribution in [3.05, 3.63) is 17.5 Å². The zero-order chi connectivity index (χ0) is 19.4. The first-order chi connectivity index (χ1) is 12.6. The molecule has 4 rings (SSSR count). The normalized spacial score (nSPS) is 17.2. The molecule has 9 nitrogen and oxygen atoms in total. The van der Waals surface area contributed by atoms with E-state index < -0.39 is 5.92 Å². The van der Waals surface area contributed by atoms with Gasteiger partial charge in [-0.05, 0) is 10.4 Å². The molecule has 0 saturated carbocycles. The van der Waals surface area contributed by atoms with E-state index in [1.54, 1.807) is 16.6 Å². The van der Waals surface area contributed by atoms with Crippen molar-refractivity contribution in [2.75, 3.05) is 18.0 Å². The molecular weight excluding hydrogens is 356 g/mol. The lowest BCUT2D eigenvalue weighted by Crippen LogP contribution is -2.27. The molecule has 3 aromatic rings. The number of imidazole rings is 1. The molecule has 1 aliphatic heterocycles. The van der Waals surface area contributed by atoms with Gasteiger partial charge in [-0.1, -0.05) is 20.8 Å². The van der Waals surface area contributed by atoms with Crippen LogP contribution in [0.15, 0.2) is 0 Å². The fourth-order valence-electron chi connectivity index (χ4n) is 3.04. The van der Waals surface area contributed by atoms with Crippen molar-refractivity contribution in [3.8, 4) is 0 Å². The summed E-state index contributed by atoms with van der Waals surface area (Å²) in [7, 11) is 1.74. The Morgan fingerprint density at radius 2 is 1.96 bits per heavy atom. The van der Waals surface area contributed by atoms with Crippen molar-refractivity contribution in [1.82, 2.24) is 40.1 Å². The van der Waals surface area contributed by atoms with E-state index in [9.17, 15) is 8.78 Å². The predicted molar refractivity (Wildman–Crippen MR) is 93.8 cm³/mol. The Kier molecular flexibility index (Phi) is 3.86. The van der Waals surface area contributed by atoms with Crippen LogP contribution in [-0.4, -0.2) is 59.2 Å². The molecule has 144 valence electrons. The van der Waals surface area contributed by atoms with E-state index >= 15 is 0 Å². The minimum atomic E-state index is -2.72. The number of aromatic amines is 1. The molecule has 0 aromatic carbocycles. The van der Waals surface area contributed by atoms with E-state index in [4.69, 9.17) is 0 Å². The van der Waals surface area contributed by atoms with Crippen LogP contribution in [0.25, 0.3) is 11.2 Å². The second-order valence-electron chi connectivity index (χ2n) is 7.93. The molecule has 0 bridgehead atoms. The van der Waals surface area contributed by atoms with E-state index in [0.29, 0.717) is 40.9 Å². The Balaban J connectivity index is 1.80. The highest BCUT2D eigenvalue weighted by molar-refractivity contribution is 5.84. The molecule has 0 spiro atoms. The summed E-state index contributed by atoms with van der Waals surface area (Å²) in [6.07, 6.45) is 0.190. The highest BCUT2D eigenvalue weighted by atomic mass is 19.3. The van der Waals surface area contributed by atoms with E-state index in [2.05, 4.69) is 35.5 Å². The summed E-state index contributed by atoms with van der Waals surface area (Å²) < 4.78 is 29.1. The summed E-state index contributed by atoms with van der Waals surface area (Å²) in [4.78, 5) is 18.5. The van der Waals surface area contributed by atoms with Gasteiger partial charge in [0.2, 0.25) is 0 Å². The average Bonchev–Trinajstić information content (AvgIpc) is 3.25. The Hall–Kier alpha value is -2.72. The van der Waals surface area contributed by atoms with Crippen molar-refractivity contribution < 1.29 is 8.78 Å². The molecule has 11 heteroatoms. The van der Waals surface area contributed by atoms with Crippen LogP contribution in [0.4, 0.5) is 14.6 Å². The molecule has 0 aliphatic carbocycles. The summed E-state index contributed by atoms with van der Waals surface area (Å²) in [6.45, 7) is 5.83. The van der Waals surface area contributed by atoms with E-state index in [0.717, 1.165) is 0 Å². The first kappa shape index (κ1) is 17.7. The van der Waals surface area contributed by atoms with Crippen LogP contribution in [0.2, 0.25) is 0 Å². The van der Waals surface area contributed by atoms with Gasteiger partial charge in [-0.25, -0.2) is 28.4 Å². The summed E-state index contributed by atoms with van der Waals surface area (Å²) in [6, 6.07) is 0. The van der Waals surface area contributed by atoms with Crippen LogP contribution in [0, 0.1) is 0 Å². The van der Waals surface area contributed by atoms with Crippen LogP contribution in [0.5, 0.6) is 0 Å². The summed E-state index contributed by atoms with van der Waals surface area (Å²) in [5, 5.41) is 11.4. The van der Waals surface area contributed by atoms with Gasteiger partial charge in [-0.3, -0.25) is 0 Å². The van der Waals surface area contributed by atoms with Gasteiger partial charge in [0, 0.05) is 25.4 Å². The quantitative estimate of drug-likeness (QED) is 0.740. The summed E-state index contributed by atoms with van der Waals surface area (Å²) >= 11 is 0. The molecule has 0 atom stereocenters. The minimum Gasteiger partial charge on any atom is -0.348 e. The van der Waals surface area contributed by atoms with Crippen molar-refractivity contribution >= 4 is 17.0 Å². The van der Waals surface area contributed by atoms with E-state index in [-0.39, 0.29) is 24.9 Å². The van der Waals surface area contributed by atoms with Gasteiger partial charge in [-0.2, -0.15) is 0 Å². The number of hydrogen-bond donors (Lipinski definition) is 1. The van der Waals surface area contributed by atoms with E-state index in [1.165, 1.54) is 0 Å². The number of tetrazole rings is 1. The van der Waals surface area contributed by atoms with Crippen LogP contribution in [0.3, 0.4) is 0 Å². The van der Waals surface area contributed by atoms with Gasteiger partial charge >= 0.3 is 0 Å². The topological polar surface area (TPSA) is 101 Å². The first-order valence-corrected chi connectivity index (χ1v) is 8.73. The molecule has 0 amide bonds. The number of aromatic nitrogens is 8. The fourth-order valence-corrected chi connectivity index (χ4v) is 3.04. The van der Waals surface area contributed by atoms with Crippen LogP contribution >= 0.6 is 0 Å². The van der Waals surface area contributed by atoms with Gasteiger partial charge in [0.05, 0.1) is 13.0 Å². The maximum absolute atomic E-state index is 13.8. The van der Waals surface area contributed by atoms with Crippen LogP contribution in [0.1, 0.15) is 44.7 Å². The largest absolute Gasteiger partial charge is 0.348 e. The Morgan fingerprint density at radius 1 is 1.19 bits per heavy atom. The van der Waals surface area contributed by atoms with Gasteiger partial charge in [0.15, 0.2) is 17.3 Å². The number of fused-ring (bicyclic) bond motifs is 1. The number of anilines is 1. The number of aryl methyl sites for hydroxylation is 1. The summed E-state index contributed by atoms with van der Waals surface area (Å²) in [5.41, 5.74) is 0.689. The highest BCUT2D eigenvalue weighted by Gasteiger charge is 2.40. The molecule has 1 N–H and O–H groups in total. The number of rotatable bonds is 3. The second kappa shape index (κ2) is 5.89. The van der Waals surface area contributed by atoms with Crippen molar-refractivity contribution in [1.29, 1.82) is 0 Å². The highest BCUT2D eigenvalue weighted by Crippen LogP contribution is 2.34. The minimum absolute atomic E-state index is 0.186. The molecule has 1 aliphatic rings. The van der Waals surface area contributed by atoms with Gasteiger partial charge < -0.3 is 9.88 Å². The molecule has 3 aromatic heterocycles. The van der Waals surface area contributed by atoms with Gasteiger partial charge in [-0.15, -0.1) is 5.10 Å². The third-order valence-corrected chi connectivity index (χ3v) is 4.55. The first-order valence-electron chi connectivity index (χ1n) is 8.73. The average molecular weight is 377 g/mol. The monoisotopic (exact) mass is 377 g/mol. The zero-order valence-corrected chi connectivity index (χ0v) is 15.7. The summed E-state index contributed by atoms with van der Waals surface area (Å²) in [5.74, 6) is -0.440. The zero-order valence-electron chi connectivity index (χ0n) is 15.7. The lowest BCUT2D eigenvalue weighted by molar-refractivity contribution is 0.0257. The molecule has 0 unspecified atom stereocenters. The van der Waals surface area contributed by atoms with Crippen LogP contribution < -0.4 is 4.90 Å². The number of H-pyrrole nitrogens is 1. The van der Waals surface area contributed by atoms with Gasteiger partial charge in [0.1, 0.15) is 17.2 Å². The SMILES string of the molecule is Cn1nnnc1Cc1nc2nc(C(C)(C)C)nc(N3CCC(F)(F)C3)c2[nH]1. The third-order valence-electron chi connectivity index (χ3n) is 4.55. The van der Waals surface area contributed by atoms with Crippen molar-refractivity contribution in [2.45, 2.75) is 45.0 Å². The van der Waals surface area contributed by atoms with E-state index in [1.807, 2.05) is 20.8 Å². The molecule has 27 heavy (non-hydrogen) atoms. The second-order valence-corrected chi connectivity index (χ2v) is 7.93. The molecule has 0 radical (unpaired) electrons. The smallest absolute Gasteiger partial charge is 0.266 e. The molecule has 4 heterocycles. The molecule has 1 saturated heterocycles. The number of alkyl halides is 2. The molecule has 1 fully saturated rings. The maximum Gasteiger partial charge on any atom is 0.266 e. The Bertz CT molecular complexity index is 986. The molecular formula is C16H21F2N9. The third kappa shape index (κ3) is 3.33. The Morgan fingerprint density at radius 3 is 2.56 bits per heavy atom. The predicted octanol–water partition coefficient (Wildman–Crippen LogP) is 1.61. The van der Waals surface area contributed by atoms with Crippen molar-refractivity contribution in [2.24, 2.45) is 7.05 Å². The number of hydrogen-bond acceptors (Lipinski definition) is 7. The number of halogens is 2. The number of nitrogens with zero attached hydrogens (tertiary/aromatic N) is 8. The lowest BCUT2D eigenvalue weighted by atomic mass is 9.96. The van der Waals surface area contributed by atoms with Crippen LogP contribution in [-0.2, 0) is 18.9 Å². The van der Waals surface area contributed by atoms with Gasteiger partial charge in [0.25, 0.3) is 5.92 Å². The van der Waals surface area contributed by atoms with Crippen molar-refractivity contribution in [3.63, 3.8) is 0 Å². The number of nitrogens with one attached hydrogen (secondary N) is 1. The maximum atomic E-state index is 13.8. The fraction of sp³-hybridized carbons (Fsp3) is 0.625. The standard InChI is InChI=1S/C16H21F2N9/c1-15(2,3)14-21-12-11(13(22-14)27-6-5-16(17,18)8-27)19-9(20-12)7-10-23-24-25-26(10)4/h5-8H2,1-4H3,(H,19,20,21,22). The Labute approximate surface area is 154 Å². The lowest BCUT2D eigenvalue weighted by Gasteiger charge is -2.22.